The van der Waals surface area contributed by atoms with Gasteiger partial charge in [0.05, 0.1) is 12.5 Å². The average molecular weight is 546 g/mol. The number of hydrogen-bond donors (Lipinski definition) is 2. The standard InChI is InChI=1S/C29H40FN3O6/c1-17(2)27-19(4)9-11-25(35)31-20(5)10-8-18(3)13-22(34)14-21(30)15-26-32-23(16-38-26)28(36)33-12-6-7-24(33)29(37)39-27/h8-11,13,16-17,19-22,24,27,34H,6-7,12,14-15H2,1-5H3,(H,31,35)/b10-8?,11-9+,18-13?. The molecule has 2 aliphatic rings. The van der Waals surface area contributed by atoms with Gasteiger partial charge in [0.1, 0.15) is 24.6 Å². The number of esters is 1. The molecule has 1 aromatic heterocycles. The minimum atomic E-state index is -1.45. The quantitative estimate of drug-likeness (QED) is 0.516. The van der Waals surface area contributed by atoms with Crippen LogP contribution < -0.4 is 5.32 Å². The molecular formula is C29H40FN3O6. The fourth-order valence-corrected chi connectivity index (χ4v) is 4.90. The predicted octanol–water partition coefficient (Wildman–Crippen LogP) is 3.69. The van der Waals surface area contributed by atoms with Crippen molar-refractivity contribution in [3.05, 3.63) is 53.8 Å². The van der Waals surface area contributed by atoms with Crippen molar-refractivity contribution in [2.24, 2.45) is 11.8 Å². The average Bonchev–Trinajstić information content (AvgIpc) is 3.53. The van der Waals surface area contributed by atoms with Gasteiger partial charge < -0.3 is 24.5 Å². The molecule has 3 rings (SSSR count). The molecule has 0 radical (unpaired) electrons. The molecule has 0 saturated carbocycles. The van der Waals surface area contributed by atoms with E-state index in [-0.39, 0.29) is 48.2 Å². The van der Waals surface area contributed by atoms with E-state index in [4.69, 9.17) is 9.15 Å². The first-order chi connectivity index (χ1) is 18.4. The Bertz CT molecular complexity index is 1110. The van der Waals surface area contributed by atoms with Gasteiger partial charge in [-0.3, -0.25) is 9.59 Å². The van der Waals surface area contributed by atoms with Crippen molar-refractivity contribution >= 4 is 17.8 Å². The van der Waals surface area contributed by atoms with Gasteiger partial charge in [-0.05, 0) is 38.7 Å². The lowest BCUT2D eigenvalue weighted by Crippen LogP contribution is -2.44. The zero-order chi connectivity index (χ0) is 28.7. The monoisotopic (exact) mass is 545 g/mol. The topological polar surface area (TPSA) is 122 Å². The molecule has 2 aliphatic heterocycles. The van der Waals surface area contributed by atoms with Crippen molar-refractivity contribution in [1.82, 2.24) is 15.2 Å². The highest BCUT2D eigenvalue weighted by Gasteiger charge is 2.38. The summed E-state index contributed by atoms with van der Waals surface area (Å²) in [5.41, 5.74) is 0.706. The maximum Gasteiger partial charge on any atom is 0.329 e. The van der Waals surface area contributed by atoms with Gasteiger partial charge in [0.15, 0.2) is 11.6 Å². The molecule has 6 atom stereocenters. The molecular weight excluding hydrogens is 505 g/mol. The number of fused-ring (bicyclic) bond motifs is 3. The summed E-state index contributed by atoms with van der Waals surface area (Å²) in [6, 6.07) is -1.07. The number of carbonyl (C=O) groups is 3. The maximum absolute atomic E-state index is 14.7. The van der Waals surface area contributed by atoms with Gasteiger partial charge in [-0.2, -0.15) is 0 Å². The molecule has 10 heteroatoms. The summed E-state index contributed by atoms with van der Waals surface area (Å²) in [6.07, 6.45) is 7.07. The van der Waals surface area contributed by atoms with Gasteiger partial charge in [0.2, 0.25) is 5.91 Å². The highest BCUT2D eigenvalue weighted by atomic mass is 19.1. The molecule has 2 N–H and O–H groups in total. The third-order valence-corrected chi connectivity index (χ3v) is 6.90. The van der Waals surface area contributed by atoms with Gasteiger partial charge in [0.25, 0.3) is 5.91 Å². The van der Waals surface area contributed by atoms with Crippen LogP contribution in [0.4, 0.5) is 4.39 Å². The highest BCUT2D eigenvalue weighted by molar-refractivity contribution is 5.95. The van der Waals surface area contributed by atoms with Gasteiger partial charge in [-0.15, -0.1) is 0 Å². The van der Waals surface area contributed by atoms with E-state index in [2.05, 4.69) is 10.3 Å². The summed E-state index contributed by atoms with van der Waals surface area (Å²) >= 11 is 0. The Labute approximate surface area is 229 Å². The molecule has 2 amide bonds. The first-order valence-corrected chi connectivity index (χ1v) is 13.6. The van der Waals surface area contributed by atoms with E-state index in [1.165, 1.54) is 23.3 Å². The molecule has 0 spiro atoms. The molecule has 0 aliphatic carbocycles. The third kappa shape index (κ3) is 8.61. The van der Waals surface area contributed by atoms with Crippen molar-refractivity contribution in [3.63, 3.8) is 0 Å². The molecule has 39 heavy (non-hydrogen) atoms. The lowest BCUT2D eigenvalue weighted by atomic mass is 9.94. The number of aromatic nitrogens is 1. The Morgan fingerprint density at radius 3 is 2.64 bits per heavy atom. The van der Waals surface area contributed by atoms with Crippen LogP contribution in [-0.2, 0) is 20.7 Å². The lowest BCUT2D eigenvalue weighted by molar-refractivity contribution is -0.158. The van der Waals surface area contributed by atoms with Crippen LogP contribution in [0.15, 0.2) is 46.6 Å². The Morgan fingerprint density at radius 2 is 1.92 bits per heavy atom. The van der Waals surface area contributed by atoms with Crippen LogP contribution in [0.25, 0.3) is 0 Å². The maximum atomic E-state index is 14.7. The number of hydrogen-bond acceptors (Lipinski definition) is 7. The number of alkyl halides is 1. The van der Waals surface area contributed by atoms with E-state index >= 15 is 0 Å². The van der Waals surface area contributed by atoms with E-state index in [1.807, 2.05) is 27.7 Å². The van der Waals surface area contributed by atoms with Crippen LogP contribution in [0.1, 0.15) is 70.3 Å². The van der Waals surface area contributed by atoms with Crippen LogP contribution in [0, 0.1) is 11.8 Å². The van der Waals surface area contributed by atoms with Crippen molar-refractivity contribution in [3.8, 4) is 0 Å². The van der Waals surface area contributed by atoms with Crippen LogP contribution in [0.3, 0.4) is 0 Å². The molecule has 3 heterocycles. The summed E-state index contributed by atoms with van der Waals surface area (Å²) in [5, 5.41) is 13.1. The van der Waals surface area contributed by atoms with Crippen molar-refractivity contribution in [2.45, 2.75) is 90.8 Å². The van der Waals surface area contributed by atoms with Gasteiger partial charge in [-0.25, -0.2) is 14.2 Å². The van der Waals surface area contributed by atoms with E-state index in [1.54, 1.807) is 25.2 Å². The zero-order valence-corrected chi connectivity index (χ0v) is 23.3. The summed E-state index contributed by atoms with van der Waals surface area (Å²) in [4.78, 5) is 44.4. The molecule has 2 bridgehead atoms. The highest BCUT2D eigenvalue weighted by Crippen LogP contribution is 2.25. The third-order valence-electron chi connectivity index (χ3n) is 6.90. The van der Waals surface area contributed by atoms with Crippen LogP contribution in [-0.4, -0.2) is 69.8 Å². The van der Waals surface area contributed by atoms with Gasteiger partial charge in [-0.1, -0.05) is 50.6 Å². The number of amides is 2. The smallest absolute Gasteiger partial charge is 0.329 e. The van der Waals surface area contributed by atoms with Gasteiger partial charge >= 0.3 is 5.97 Å². The Hall–Kier alpha value is -3.27. The van der Waals surface area contributed by atoms with E-state index in [0.29, 0.717) is 25.0 Å². The van der Waals surface area contributed by atoms with E-state index in [0.717, 1.165) is 0 Å². The molecule has 6 unspecified atom stereocenters. The number of aliphatic hydroxyl groups excluding tert-OH is 1. The van der Waals surface area contributed by atoms with Crippen LogP contribution in [0.2, 0.25) is 0 Å². The second kappa shape index (κ2) is 13.7. The normalized spacial score (nSPS) is 30.9. The number of oxazole rings is 1. The van der Waals surface area contributed by atoms with Crippen molar-refractivity contribution in [1.29, 1.82) is 0 Å². The van der Waals surface area contributed by atoms with Crippen molar-refractivity contribution in [2.75, 3.05) is 6.54 Å². The summed E-state index contributed by atoms with van der Waals surface area (Å²) in [7, 11) is 0. The van der Waals surface area contributed by atoms with Crippen LogP contribution in [0.5, 0.6) is 0 Å². The molecule has 1 aromatic rings. The summed E-state index contributed by atoms with van der Waals surface area (Å²) in [6.45, 7) is 9.68. The number of carbonyl (C=O) groups excluding carboxylic acids is 3. The first kappa shape index (κ1) is 30.3. The number of nitrogens with zero attached hydrogens (tertiary/aromatic N) is 2. The fraction of sp³-hybridized carbons (Fsp3) is 0.586. The number of halogens is 1. The molecule has 1 saturated heterocycles. The Kier molecular flexibility index (Phi) is 10.6. The number of allylic oxidation sites excluding steroid dienone is 2. The fourth-order valence-electron chi connectivity index (χ4n) is 4.90. The second-order valence-corrected chi connectivity index (χ2v) is 10.8. The summed E-state index contributed by atoms with van der Waals surface area (Å²) < 4.78 is 25.9. The number of nitrogens with one attached hydrogen (secondary N) is 1. The zero-order valence-electron chi connectivity index (χ0n) is 23.3. The van der Waals surface area contributed by atoms with Crippen LogP contribution >= 0.6 is 0 Å². The largest absolute Gasteiger partial charge is 0.460 e. The predicted molar refractivity (Wildman–Crippen MR) is 143 cm³/mol. The number of cyclic esters (lactones) is 1. The van der Waals surface area contributed by atoms with E-state index < -0.39 is 36.3 Å². The molecule has 9 nitrogen and oxygen atoms in total. The minimum absolute atomic E-state index is 0.00596. The molecule has 0 aromatic carbocycles. The molecule has 1 fully saturated rings. The Balaban J connectivity index is 1.87. The van der Waals surface area contributed by atoms with Gasteiger partial charge in [0, 0.05) is 24.9 Å². The number of aliphatic hydroxyl groups is 1. The summed E-state index contributed by atoms with van der Waals surface area (Å²) in [5.74, 6) is -1.53. The SMILES string of the molecule is CC1=CC(O)CC(F)Cc2nc(co2)C(=O)N2CCCC2C(=O)OC(C(C)C)C(C)/C=C/C(=O)NC(C)C=C1. The van der Waals surface area contributed by atoms with Crippen molar-refractivity contribution < 1.29 is 33.0 Å². The number of ether oxygens (including phenoxy) is 1. The minimum Gasteiger partial charge on any atom is -0.460 e. The number of rotatable bonds is 1. The van der Waals surface area contributed by atoms with E-state index in [9.17, 15) is 23.9 Å². The second-order valence-electron chi connectivity index (χ2n) is 10.8. The molecule has 214 valence electrons. The first-order valence-electron chi connectivity index (χ1n) is 13.6. The lowest BCUT2D eigenvalue weighted by Gasteiger charge is -2.29. The Morgan fingerprint density at radius 1 is 1.18 bits per heavy atom.